The van der Waals surface area contributed by atoms with Crippen LogP contribution in [0, 0.1) is 5.82 Å². The number of nitrogens with one attached hydrogen (secondary N) is 1. The summed E-state index contributed by atoms with van der Waals surface area (Å²) in [7, 11) is 0. The van der Waals surface area contributed by atoms with Crippen LogP contribution in [-0.2, 0) is 19.5 Å². The van der Waals surface area contributed by atoms with Crippen LogP contribution in [0.25, 0.3) is 22.4 Å². The number of amides is 1. The third-order valence-electron chi connectivity index (χ3n) is 5.49. The Bertz CT molecular complexity index is 1220. The molecule has 4 aromatic rings. The summed E-state index contributed by atoms with van der Waals surface area (Å²) < 4.78 is 15.2. The highest BCUT2D eigenvalue weighted by Gasteiger charge is 2.25. The van der Waals surface area contributed by atoms with Crippen molar-refractivity contribution in [2.45, 2.75) is 33.4 Å². The van der Waals surface area contributed by atoms with E-state index in [1.165, 1.54) is 17.7 Å². The molecule has 0 aliphatic rings. The van der Waals surface area contributed by atoms with Crippen molar-refractivity contribution in [1.29, 1.82) is 0 Å². The van der Waals surface area contributed by atoms with Crippen LogP contribution >= 0.6 is 0 Å². The first-order chi connectivity index (χ1) is 15.6. The number of aryl methyl sites for hydroxylation is 2. The van der Waals surface area contributed by atoms with Crippen molar-refractivity contribution < 1.29 is 9.18 Å². The van der Waals surface area contributed by atoms with Crippen LogP contribution in [0.15, 0.2) is 73.1 Å². The normalized spacial score (nSPS) is 10.8. The van der Waals surface area contributed by atoms with E-state index in [0.29, 0.717) is 30.0 Å². The van der Waals surface area contributed by atoms with Gasteiger partial charge in [0.05, 0.1) is 0 Å². The van der Waals surface area contributed by atoms with E-state index >= 15 is 0 Å². The van der Waals surface area contributed by atoms with E-state index in [1.807, 2.05) is 37.3 Å². The highest BCUT2D eigenvalue weighted by Crippen LogP contribution is 2.34. The van der Waals surface area contributed by atoms with Crippen molar-refractivity contribution in [2.24, 2.45) is 0 Å². The Morgan fingerprint density at radius 3 is 2.28 bits per heavy atom. The number of hydrogen-bond acceptors (Lipinski definition) is 3. The number of hydrogen-bond donors (Lipinski definition) is 1. The highest BCUT2D eigenvalue weighted by molar-refractivity contribution is 6.03. The molecule has 0 aliphatic heterocycles. The summed E-state index contributed by atoms with van der Waals surface area (Å²) in [6, 6.07) is 18.0. The number of rotatable bonds is 7. The minimum absolute atomic E-state index is 0.203. The van der Waals surface area contributed by atoms with Gasteiger partial charge < -0.3 is 5.32 Å². The molecule has 0 saturated carbocycles. The lowest BCUT2D eigenvalue weighted by Crippen LogP contribution is -2.26. The predicted molar refractivity (Wildman–Crippen MR) is 124 cm³/mol. The van der Waals surface area contributed by atoms with Crippen LogP contribution in [0.5, 0.6) is 0 Å². The van der Waals surface area contributed by atoms with Gasteiger partial charge in [0.1, 0.15) is 17.2 Å². The van der Waals surface area contributed by atoms with E-state index in [1.54, 1.807) is 29.2 Å². The van der Waals surface area contributed by atoms with Crippen molar-refractivity contribution in [1.82, 2.24) is 20.1 Å². The zero-order chi connectivity index (χ0) is 22.5. The topological polar surface area (TPSA) is 59.8 Å². The number of carbonyl (C=O) groups excluding carboxylic acids is 1. The number of pyridine rings is 1. The fourth-order valence-corrected chi connectivity index (χ4v) is 3.86. The molecule has 0 aliphatic carbocycles. The summed E-state index contributed by atoms with van der Waals surface area (Å²) >= 11 is 0. The van der Waals surface area contributed by atoms with Gasteiger partial charge in [-0.1, -0.05) is 31.2 Å². The average molecular weight is 429 g/mol. The maximum absolute atomic E-state index is 13.5. The Labute approximate surface area is 186 Å². The molecule has 6 heteroatoms. The Morgan fingerprint density at radius 1 is 0.938 bits per heavy atom. The zero-order valence-corrected chi connectivity index (χ0v) is 18.2. The Hall–Kier alpha value is -3.80. The van der Waals surface area contributed by atoms with Crippen LogP contribution in [0.1, 0.15) is 35.5 Å². The Balaban J connectivity index is 1.78. The van der Waals surface area contributed by atoms with Crippen LogP contribution in [0.3, 0.4) is 0 Å². The molecule has 162 valence electrons. The summed E-state index contributed by atoms with van der Waals surface area (Å²) in [5.74, 6) is -0.521. The van der Waals surface area contributed by atoms with E-state index < -0.39 is 0 Å². The molecule has 0 saturated heterocycles. The SMILES string of the molecule is CCc1ccccc1CNC(=O)c1c(-c2ccncc2)c(-c2ccc(F)cc2)nn1CC. The van der Waals surface area contributed by atoms with Gasteiger partial charge in [-0.2, -0.15) is 5.10 Å². The number of carbonyl (C=O) groups is 1. The summed E-state index contributed by atoms with van der Waals surface area (Å²) in [6.07, 6.45) is 4.27. The van der Waals surface area contributed by atoms with Crippen molar-refractivity contribution in [2.75, 3.05) is 0 Å². The largest absolute Gasteiger partial charge is 0.347 e. The van der Waals surface area contributed by atoms with Crippen LogP contribution in [0.4, 0.5) is 4.39 Å². The molecular formula is C26H25FN4O. The maximum Gasteiger partial charge on any atom is 0.270 e. The van der Waals surface area contributed by atoms with Gasteiger partial charge in [0.2, 0.25) is 0 Å². The molecule has 0 fully saturated rings. The molecule has 0 bridgehead atoms. The average Bonchev–Trinajstić information content (AvgIpc) is 3.23. The number of aromatic nitrogens is 3. The molecule has 32 heavy (non-hydrogen) atoms. The highest BCUT2D eigenvalue weighted by atomic mass is 19.1. The molecule has 1 amide bonds. The van der Waals surface area contributed by atoms with E-state index in [-0.39, 0.29) is 11.7 Å². The Kier molecular flexibility index (Phi) is 6.40. The molecule has 0 atom stereocenters. The molecule has 2 heterocycles. The fourth-order valence-electron chi connectivity index (χ4n) is 3.86. The first kappa shape index (κ1) is 21.4. The summed E-state index contributed by atoms with van der Waals surface area (Å²) in [5.41, 5.74) is 5.70. The molecule has 0 spiro atoms. The second-order valence-electron chi connectivity index (χ2n) is 7.44. The molecule has 5 nitrogen and oxygen atoms in total. The minimum Gasteiger partial charge on any atom is -0.347 e. The summed E-state index contributed by atoms with van der Waals surface area (Å²) in [4.78, 5) is 17.5. The second-order valence-corrected chi connectivity index (χ2v) is 7.44. The van der Waals surface area contributed by atoms with Gasteiger partial charge in [0.15, 0.2) is 0 Å². The quantitative estimate of drug-likeness (QED) is 0.437. The van der Waals surface area contributed by atoms with E-state index in [9.17, 15) is 9.18 Å². The monoisotopic (exact) mass is 428 g/mol. The molecular weight excluding hydrogens is 403 g/mol. The van der Waals surface area contributed by atoms with Gasteiger partial charge in [0, 0.05) is 36.6 Å². The molecule has 0 unspecified atom stereocenters. The molecule has 0 radical (unpaired) electrons. The van der Waals surface area contributed by atoms with Gasteiger partial charge >= 0.3 is 0 Å². The second kappa shape index (κ2) is 9.56. The van der Waals surface area contributed by atoms with Crippen molar-refractivity contribution in [3.8, 4) is 22.4 Å². The van der Waals surface area contributed by atoms with E-state index in [4.69, 9.17) is 5.10 Å². The lowest BCUT2D eigenvalue weighted by molar-refractivity contribution is 0.0941. The van der Waals surface area contributed by atoms with Crippen LogP contribution in [-0.4, -0.2) is 20.7 Å². The predicted octanol–water partition coefficient (Wildman–Crippen LogP) is 5.26. The fraction of sp³-hybridized carbons (Fsp3) is 0.192. The lowest BCUT2D eigenvalue weighted by Gasteiger charge is -2.12. The van der Waals surface area contributed by atoms with E-state index in [2.05, 4.69) is 23.3 Å². The first-order valence-electron chi connectivity index (χ1n) is 10.7. The molecule has 2 aromatic carbocycles. The third kappa shape index (κ3) is 4.30. The van der Waals surface area contributed by atoms with Gasteiger partial charge in [-0.25, -0.2) is 4.39 Å². The lowest BCUT2D eigenvalue weighted by atomic mass is 9.99. The molecule has 2 aromatic heterocycles. The number of nitrogens with zero attached hydrogens (tertiary/aromatic N) is 3. The van der Waals surface area contributed by atoms with Gasteiger partial charge in [-0.05, 0) is 66.4 Å². The van der Waals surface area contributed by atoms with Crippen LogP contribution < -0.4 is 5.32 Å². The van der Waals surface area contributed by atoms with Gasteiger partial charge in [-0.15, -0.1) is 0 Å². The standard InChI is InChI=1S/C26H25FN4O/c1-3-18-7-5-6-8-21(18)17-29-26(32)25-23(19-13-15-28-16-14-19)24(30-31(25)4-2)20-9-11-22(27)12-10-20/h5-16H,3-4,17H2,1-2H3,(H,29,32). The third-order valence-corrected chi connectivity index (χ3v) is 5.49. The number of halogens is 1. The molecule has 1 N–H and O–H groups in total. The summed E-state index contributed by atoms with van der Waals surface area (Å²) in [6.45, 7) is 5.00. The van der Waals surface area contributed by atoms with Crippen LogP contribution in [0.2, 0.25) is 0 Å². The van der Waals surface area contributed by atoms with Crippen molar-refractivity contribution in [3.05, 3.63) is 95.7 Å². The minimum atomic E-state index is -0.318. The van der Waals surface area contributed by atoms with Gasteiger partial charge in [0.25, 0.3) is 5.91 Å². The van der Waals surface area contributed by atoms with Gasteiger partial charge in [-0.3, -0.25) is 14.5 Å². The summed E-state index contributed by atoms with van der Waals surface area (Å²) in [5, 5.41) is 7.80. The first-order valence-corrected chi connectivity index (χ1v) is 10.7. The van der Waals surface area contributed by atoms with Crippen molar-refractivity contribution in [3.63, 3.8) is 0 Å². The zero-order valence-electron chi connectivity index (χ0n) is 18.2. The molecule has 4 rings (SSSR count). The van der Waals surface area contributed by atoms with Crippen molar-refractivity contribution >= 4 is 5.91 Å². The smallest absolute Gasteiger partial charge is 0.270 e. The Morgan fingerprint density at radius 2 is 1.62 bits per heavy atom. The van der Waals surface area contributed by atoms with E-state index in [0.717, 1.165) is 23.1 Å². The maximum atomic E-state index is 13.5. The number of benzene rings is 2.